The second-order valence-electron chi connectivity index (χ2n) is 8.03. The van der Waals surface area contributed by atoms with Crippen molar-refractivity contribution in [2.45, 2.75) is 51.4 Å². The molecule has 2 aromatic rings. The Bertz CT molecular complexity index is 773. The average molecular weight is 323 g/mol. The Labute approximate surface area is 143 Å². The average Bonchev–Trinajstić information content (AvgIpc) is 2.54. The number of hydrogen-bond donors (Lipinski definition) is 2. The lowest BCUT2D eigenvalue weighted by Crippen LogP contribution is -2.34. The van der Waals surface area contributed by atoms with Gasteiger partial charge in [-0.2, -0.15) is 0 Å². The summed E-state index contributed by atoms with van der Waals surface area (Å²) in [6, 6.07) is 12.6. The minimum absolute atomic E-state index is 0.0830. The van der Waals surface area contributed by atoms with Gasteiger partial charge >= 0.3 is 0 Å². The summed E-state index contributed by atoms with van der Waals surface area (Å²) in [5, 5.41) is 12.2. The number of anilines is 1. The number of rotatable bonds is 2. The Morgan fingerprint density at radius 3 is 2.12 bits per heavy atom. The van der Waals surface area contributed by atoms with Crippen LogP contribution in [0.25, 0.3) is 0 Å². The van der Waals surface area contributed by atoms with Crippen LogP contribution < -0.4 is 5.32 Å². The molecule has 2 aromatic carbocycles. The molecule has 126 valence electrons. The molecular formula is C21H25NO2. The second kappa shape index (κ2) is 5.66. The number of carbonyl (C=O) groups is 1. The minimum atomic E-state index is -0.123. The third-order valence-electron chi connectivity index (χ3n) is 5.24. The molecule has 0 spiro atoms. The maximum atomic E-state index is 12.6. The van der Waals surface area contributed by atoms with Gasteiger partial charge in [0.15, 0.2) is 0 Å². The first-order valence-corrected chi connectivity index (χ1v) is 8.44. The minimum Gasteiger partial charge on any atom is -0.508 e. The number of fused-ring (bicyclic) bond motifs is 1. The predicted molar refractivity (Wildman–Crippen MR) is 97.8 cm³/mol. The zero-order chi connectivity index (χ0) is 17.5. The van der Waals surface area contributed by atoms with Crippen LogP contribution in [0.5, 0.6) is 5.75 Å². The number of hydrogen-bond acceptors (Lipinski definition) is 2. The van der Waals surface area contributed by atoms with Crippen LogP contribution in [0.3, 0.4) is 0 Å². The van der Waals surface area contributed by atoms with Gasteiger partial charge in [-0.25, -0.2) is 0 Å². The maximum Gasteiger partial charge on any atom is 0.255 e. The lowest BCUT2D eigenvalue weighted by atomic mass is 9.63. The summed E-state index contributed by atoms with van der Waals surface area (Å²) >= 11 is 0. The van der Waals surface area contributed by atoms with Crippen molar-refractivity contribution in [2.24, 2.45) is 0 Å². The van der Waals surface area contributed by atoms with Gasteiger partial charge in [0.25, 0.3) is 5.91 Å². The van der Waals surface area contributed by atoms with E-state index in [0.29, 0.717) is 11.3 Å². The standard InChI is InChI=1S/C21H25NO2/c1-20(2)11-12-21(3,4)18-13-14(5-10-17(18)20)19(24)22-15-6-8-16(23)9-7-15/h5-10,13,23H,11-12H2,1-4H3,(H,22,24). The van der Waals surface area contributed by atoms with Crippen LogP contribution in [0.15, 0.2) is 42.5 Å². The molecule has 24 heavy (non-hydrogen) atoms. The van der Waals surface area contributed by atoms with Gasteiger partial charge < -0.3 is 10.4 Å². The molecule has 1 aliphatic rings. The Hall–Kier alpha value is -2.29. The second-order valence-corrected chi connectivity index (χ2v) is 8.03. The molecule has 0 atom stereocenters. The van der Waals surface area contributed by atoms with Crippen molar-refractivity contribution < 1.29 is 9.90 Å². The fourth-order valence-corrected chi connectivity index (χ4v) is 3.48. The van der Waals surface area contributed by atoms with Crippen LogP contribution in [0.1, 0.15) is 62.0 Å². The van der Waals surface area contributed by atoms with Crippen molar-refractivity contribution in [3.8, 4) is 5.75 Å². The Morgan fingerprint density at radius 2 is 1.50 bits per heavy atom. The summed E-state index contributed by atoms with van der Waals surface area (Å²) in [5.74, 6) is 0.0634. The van der Waals surface area contributed by atoms with Gasteiger partial charge in [0.05, 0.1) is 0 Å². The van der Waals surface area contributed by atoms with Gasteiger partial charge in [0.2, 0.25) is 0 Å². The number of phenols is 1. The molecule has 0 aliphatic heterocycles. The normalized spacial score (nSPS) is 17.8. The van der Waals surface area contributed by atoms with Gasteiger partial charge in [-0.1, -0.05) is 33.8 Å². The van der Waals surface area contributed by atoms with Crippen LogP contribution in [-0.4, -0.2) is 11.0 Å². The summed E-state index contributed by atoms with van der Waals surface area (Å²) in [6.45, 7) is 9.06. The fraction of sp³-hybridized carbons (Fsp3) is 0.381. The SMILES string of the molecule is CC1(C)CCC(C)(C)c2cc(C(=O)Nc3ccc(O)cc3)ccc21. The van der Waals surface area contributed by atoms with Gasteiger partial charge in [-0.3, -0.25) is 4.79 Å². The maximum absolute atomic E-state index is 12.6. The highest BCUT2D eigenvalue weighted by molar-refractivity contribution is 6.04. The van der Waals surface area contributed by atoms with Crippen molar-refractivity contribution in [1.82, 2.24) is 0 Å². The molecule has 0 unspecified atom stereocenters. The van der Waals surface area contributed by atoms with Crippen molar-refractivity contribution in [3.63, 3.8) is 0 Å². The smallest absolute Gasteiger partial charge is 0.255 e. The molecule has 0 saturated carbocycles. The van der Waals surface area contributed by atoms with E-state index >= 15 is 0 Å². The molecular weight excluding hydrogens is 298 g/mol. The first kappa shape index (κ1) is 16.6. The summed E-state index contributed by atoms with van der Waals surface area (Å²) in [5.41, 5.74) is 4.20. The van der Waals surface area contributed by atoms with E-state index in [9.17, 15) is 9.90 Å². The van der Waals surface area contributed by atoms with E-state index in [1.165, 1.54) is 11.1 Å². The molecule has 0 bridgehead atoms. The Morgan fingerprint density at radius 1 is 0.917 bits per heavy atom. The third kappa shape index (κ3) is 3.03. The van der Waals surface area contributed by atoms with E-state index in [1.54, 1.807) is 24.3 Å². The molecule has 0 radical (unpaired) electrons. The van der Waals surface area contributed by atoms with E-state index in [1.807, 2.05) is 12.1 Å². The van der Waals surface area contributed by atoms with Crippen LogP contribution >= 0.6 is 0 Å². The van der Waals surface area contributed by atoms with E-state index in [4.69, 9.17) is 0 Å². The van der Waals surface area contributed by atoms with Crippen molar-refractivity contribution in [2.75, 3.05) is 5.32 Å². The van der Waals surface area contributed by atoms with Gasteiger partial charge in [-0.05, 0) is 71.2 Å². The third-order valence-corrected chi connectivity index (χ3v) is 5.24. The van der Waals surface area contributed by atoms with E-state index < -0.39 is 0 Å². The number of benzene rings is 2. The molecule has 1 amide bonds. The lowest BCUT2D eigenvalue weighted by molar-refractivity contribution is 0.102. The number of phenolic OH excluding ortho intramolecular Hbond substituents is 1. The first-order chi connectivity index (χ1) is 11.2. The predicted octanol–water partition coefficient (Wildman–Crippen LogP) is 4.99. The molecule has 3 nitrogen and oxygen atoms in total. The molecule has 0 aromatic heterocycles. The Kier molecular flexibility index (Phi) is 3.90. The van der Waals surface area contributed by atoms with Crippen molar-refractivity contribution >= 4 is 11.6 Å². The van der Waals surface area contributed by atoms with Gasteiger partial charge in [0.1, 0.15) is 5.75 Å². The van der Waals surface area contributed by atoms with Crippen LogP contribution in [0.4, 0.5) is 5.69 Å². The number of aromatic hydroxyl groups is 1. The van der Waals surface area contributed by atoms with Crippen molar-refractivity contribution in [1.29, 1.82) is 0 Å². The molecule has 0 heterocycles. The van der Waals surface area contributed by atoms with Crippen LogP contribution in [0.2, 0.25) is 0 Å². The van der Waals surface area contributed by atoms with Gasteiger partial charge in [-0.15, -0.1) is 0 Å². The fourth-order valence-electron chi connectivity index (χ4n) is 3.48. The number of nitrogens with one attached hydrogen (secondary N) is 1. The summed E-state index contributed by atoms with van der Waals surface area (Å²) < 4.78 is 0. The zero-order valence-corrected chi connectivity index (χ0v) is 14.8. The highest BCUT2D eigenvalue weighted by Crippen LogP contribution is 2.45. The van der Waals surface area contributed by atoms with E-state index in [2.05, 4.69) is 39.1 Å². The van der Waals surface area contributed by atoms with Crippen LogP contribution in [-0.2, 0) is 10.8 Å². The largest absolute Gasteiger partial charge is 0.508 e. The zero-order valence-electron chi connectivity index (χ0n) is 14.8. The molecule has 3 heteroatoms. The molecule has 0 fully saturated rings. The summed E-state index contributed by atoms with van der Waals surface area (Å²) in [7, 11) is 0. The van der Waals surface area contributed by atoms with E-state index in [0.717, 1.165) is 12.8 Å². The highest BCUT2D eigenvalue weighted by atomic mass is 16.3. The first-order valence-electron chi connectivity index (χ1n) is 8.44. The number of carbonyl (C=O) groups excluding carboxylic acids is 1. The van der Waals surface area contributed by atoms with Gasteiger partial charge in [0, 0.05) is 11.3 Å². The number of amides is 1. The van der Waals surface area contributed by atoms with E-state index in [-0.39, 0.29) is 22.5 Å². The molecule has 1 aliphatic carbocycles. The monoisotopic (exact) mass is 323 g/mol. The Balaban J connectivity index is 1.92. The topological polar surface area (TPSA) is 49.3 Å². The highest BCUT2D eigenvalue weighted by Gasteiger charge is 2.37. The lowest BCUT2D eigenvalue weighted by Gasteiger charge is -2.42. The van der Waals surface area contributed by atoms with Crippen LogP contribution in [0, 0.1) is 0 Å². The molecule has 0 saturated heterocycles. The van der Waals surface area contributed by atoms with Crippen molar-refractivity contribution in [3.05, 3.63) is 59.2 Å². The molecule has 3 rings (SSSR count). The summed E-state index contributed by atoms with van der Waals surface area (Å²) in [4.78, 5) is 12.6. The quantitative estimate of drug-likeness (QED) is 0.765. The molecule has 2 N–H and O–H groups in total. The summed E-state index contributed by atoms with van der Waals surface area (Å²) in [6.07, 6.45) is 2.28.